The molecule has 9 heavy (non-hydrogen) atoms. The quantitative estimate of drug-likeness (QED) is 0.629. The molecule has 2 heteroatoms. The summed E-state index contributed by atoms with van der Waals surface area (Å²) < 4.78 is 0.474. The van der Waals surface area contributed by atoms with Gasteiger partial charge in [-0.1, -0.05) is 31.9 Å². The molecular formula is C7H10Br2. The summed E-state index contributed by atoms with van der Waals surface area (Å²) in [5, 5.41) is 0. The molecular weight excluding hydrogens is 244 g/mol. The van der Waals surface area contributed by atoms with E-state index in [9.17, 15) is 0 Å². The Hall–Kier alpha value is 0.960. The lowest BCUT2D eigenvalue weighted by Gasteiger charge is -2.21. The van der Waals surface area contributed by atoms with Crippen LogP contribution in [0.3, 0.4) is 0 Å². The second-order valence-electron chi connectivity index (χ2n) is 2.34. The van der Waals surface area contributed by atoms with Gasteiger partial charge in [-0.25, -0.2) is 0 Å². The highest BCUT2D eigenvalue weighted by molar-refractivity contribution is 9.24. The molecule has 0 saturated heterocycles. The average molecular weight is 254 g/mol. The van der Waals surface area contributed by atoms with Crippen LogP contribution in [0.2, 0.25) is 0 Å². The van der Waals surface area contributed by atoms with Crippen LogP contribution in [0, 0.1) is 18.8 Å². The lowest BCUT2D eigenvalue weighted by molar-refractivity contribution is 0.558. The first-order chi connectivity index (χ1) is 4.30. The smallest absolute Gasteiger partial charge is 0.0728 e. The molecule has 1 fully saturated rings. The van der Waals surface area contributed by atoms with Gasteiger partial charge in [-0.3, -0.25) is 0 Å². The fourth-order valence-corrected chi connectivity index (χ4v) is 1.90. The van der Waals surface area contributed by atoms with E-state index in [4.69, 9.17) is 0 Å². The number of rotatable bonds is 1. The van der Waals surface area contributed by atoms with Gasteiger partial charge in [0.2, 0.25) is 0 Å². The summed E-state index contributed by atoms with van der Waals surface area (Å²) in [7, 11) is 0. The Kier molecular flexibility index (Phi) is 3.55. The van der Waals surface area contributed by atoms with Crippen molar-refractivity contribution in [1.82, 2.24) is 0 Å². The van der Waals surface area contributed by atoms with Gasteiger partial charge in [0.05, 0.1) is 3.74 Å². The van der Waals surface area contributed by atoms with Gasteiger partial charge in [-0.2, -0.15) is 0 Å². The van der Waals surface area contributed by atoms with Gasteiger partial charge in [0.15, 0.2) is 0 Å². The second-order valence-corrected chi connectivity index (χ2v) is 5.54. The van der Waals surface area contributed by atoms with E-state index in [1.54, 1.807) is 0 Å². The van der Waals surface area contributed by atoms with E-state index in [0.29, 0.717) is 9.65 Å². The molecule has 0 amide bonds. The molecule has 0 nitrogen and oxygen atoms in total. The van der Waals surface area contributed by atoms with E-state index in [2.05, 4.69) is 44.7 Å². The standard InChI is InChI=1S/C7H10Br2/c8-7(9)6-4-2-1-3-5-6/h2,5-7H,1,3-4H2. The zero-order chi connectivity index (χ0) is 6.69. The third-order valence-electron chi connectivity index (χ3n) is 1.60. The molecule has 0 heterocycles. The number of hydrogen-bond donors (Lipinski definition) is 0. The van der Waals surface area contributed by atoms with E-state index in [-0.39, 0.29) is 0 Å². The zero-order valence-corrected chi connectivity index (χ0v) is 8.36. The minimum absolute atomic E-state index is 0.474. The predicted octanol–water partition coefficient (Wildman–Crippen LogP) is 3.31. The summed E-state index contributed by atoms with van der Waals surface area (Å²) >= 11 is 7.00. The molecule has 0 aromatic carbocycles. The molecule has 1 aliphatic rings. The maximum absolute atomic E-state index is 3.50. The zero-order valence-electron chi connectivity index (χ0n) is 5.19. The molecule has 0 aromatic heterocycles. The highest BCUT2D eigenvalue weighted by atomic mass is 79.9. The maximum atomic E-state index is 3.50. The van der Waals surface area contributed by atoms with E-state index >= 15 is 0 Å². The van der Waals surface area contributed by atoms with Crippen LogP contribution >= 0.6 is 31.9 Å². The van der Waals surface area contributed by atoms with Crippen molar-refractivity contribution in [2.75, 3.05) is 0 Å². The van der Waals surface area contributed by atoms with Crippen LogP contribution in [-0.4, -0.2) is 3.74 Å². The Balaban J connectivity index is 2.23. The van der Waals surface area contributed by atoms with E-state index in [1.807, 2.05) is 0 Å². The van der Waals surface area contributed by atoms with Gasteiger partial charge in [-0.05, 0) is 38.0 Å². The van der Waals surface area contributed by atoms with Crippen LogP contribution in [0.25, 0.3) is 0 Å². The van der Waals surface area contributed by atoms with Gasteiger partial charge in [0, 0.05) is 0 Å². The first-order valence-corrected chi connectivity index (χ1v) is 5.07. The summed E-state index contributed by atoms with van der Waals surface area (Å²) in [6.45, 7) is 0. The third-order valence-corrected chi connectivity index (χ3v) is 2.96. The Labute approximate surface area is 73.7 Å². The monoisotopic (exact) mass is 252 g/mol. The molecule has 1 atom stereocenters. The molecule has 0 N–H and O–H groups in total. The molecule has 0 aromatic rings. The van der Waals surface area contributed by atoms with Crippen molar-refractivity contribution in [2.45, 2.75) is 23.0 Å². The molecule has 52 valence electrons. The first kappa shape index (κ1) is 8.06. The highest BCUT2D eigenvalue weighted by Gasteiger charge is 2.18. The van der Waals surface area contributed by atoms with Crippen LogP contribution in [0.15, 0.2) is 0 Å². The SMILES string of the molecule is BrC(Br)C1[CH]CC[CH]C1. The van der Waals surface area contributed by atoms with Crippen molar-refractivity contribution < 1.29 is 0 Å². The second kappa shape index (κ2) is 3.97. The van der Waals surface area contributed by atoms with Crippen LogP contribution in [0.4, 0.5) is 0 Å². The summed E-state index contributed by atoms with van der Waals surface area (Å²) in [5.41, 5.74) is 0. The van der Waals surface area contributed by atoms with Gasteiger partial charge in [-0.15, -0.1) is 0 Å². The first-order valence-electron chi connectivity index (χ1n) is 3.24. The minimum Gasteiger partial charge on any atom is -0.0762 e. The van der Waals surface area contributed by atoms with Crippen molar-refractivity contribution in [1.29, 1.82) is 0 Å². The number of halogens is 2. The van der Waals surface area contributed by atoms with Gasteiger partial charge < -0.3 is 0 Å². The largest absolute Gasteiger partial charge is 0.0762 e. The highest BCUT2D eigenvalue weighted by Crippen LogP contribution is 2.31. The third kappa shape index (κ3) is 2.58. The summed E-state index contributed by atoms with van der Waals surface area (Å²) in [6.07, 6.45) is 8.48. The summed E-state index contributed by atoms with van der Waals surface area (Å²) in [6, 6.07) is 0. The molecule has 2 radical (unpaired) electrons. The minimum atomic E-state index is 0.474. The Bertz CT molecular complexity index is 75.0. The molecule has 1 saturated carbocycles. The van der Waals surface area contributed by atoms with Crippen molar-refractivity contribution in [3.8, 4) is 0 Å². The Morgan fingerprint density at radius 3 is 2.44 bits per heavy atom. The van der Waals surface area contributed by atoms with Crippen LogP contribution in [0.5, 0.6) is 0 Å². The number of alkyl halides is 2. The van der Waals surface area contributed by atoms with Crippen LogP contribution < -0.4 is 0 Å². The maximum Gasteiger partial charge on any atom is 0.0728 e. The summed E-state index contributed by atoms with van der Waals surface area (Å²) in [5.74, 6) is 0.707. The van der Waals surface area contributed by atoms with Gasteiger partial charge in [0.25, 0.3) is 0 Å². The molecule has 1 unspecified atom stereocenters. The fraction of sp³-hybridized carbons (Fsp3) is 0.714. The van der Waals surface area contributed by atoms with Crippen LogP contribution in [-0.2, 0) is 0 Å². The molecule has 1 rings (SSSR count). The normalized spacial score (nSPS) is 23.0. The summed E-state index contributed by atoms with van der Waals surface area (Å²) in [4.78, 5) is 0. The molecule has 0 spiro atoms. The fourth-order valence-electron chi connectivity index (χ4n) is 1.04. The van der Waals surface area contributed by atoms with E-state index < -0.39 is 0 Å². The Morgan fingerprint density at radius 2 is 2.11 bits per heavy atom. The van der Waals surface area contributed by atoms with Gasteiger partial charge >= 0.3 is 0 Å². The lowest BCUT2D eigenvalue weighted by Crippen LogP contribution is -2.13. The molecule has 0 bridgehead atoms. The van der Waals surface area contributed by atoms with Crippen molar-refractivity contribution in [2.24, 2.45) is 5.92 Å². The topological polar surface area (TPSA) is 0 Å². The van der Waals surface area contributed by atoms with Crippen molar-refractivity contribution in [3.63, 3.8) is 0 Å². The average Bonchev–Trinajstić information content (AvgIpc) is 1.90. The Morgan fingerprint density at radius 1 is 1.33 bits per heavy atom. The predicted molar refractivity (Wildman–Crippen MR) is 47.6 cm³/mol. The number of hydrogen-bond acceptors (Lipinski definition) is 0. The lowest BCUT2D eigenvalue weighted by atomic mass is 9.91. The van der Waals surface area contributed by atoms with Crippen LogP contribution in [0.1, 0.15) is 19.3 Å². The van der Waals surface area contributed by atoms with Crippen molar-refractivity contribution in [3.05, 3.63) is 12.8 Å². The van der Waals surface area contributed by atoms with Gasteiger partial charge in [0.1, 0.15) is 0 Å². The van der Waals surface area contributed by atoms with E-state index in [1.165, 1.54) is 19.3 Å². The molecule has 0 aliphatic heterocycles. The van der Waals surface area contributed by atoms with E-state index in [0.717, 1.165) is 0 Å². The van der Waals surface area contributed by atoms with Crippen molar-refractivity contribution >= 4 is 31.9 Å². The molecule has 1 aliphatic carbocycles.